The maximum Gasteiger partial charge on any atom is 0.319 e. The first-order valence-electron chi connectivity index (χ1n) is 4.93. The topological polar surface area (TPSA) is 51.2 Å². The molecular weight excluding hydrogens is 192 g/mol. The number of carbonyl (C=O) groups excluding carboxylic acids is 1. The fourth-order valence-electron chi connectivity index (χ4n) is 0.752. The zero-order chi connectivity index (χ0) is 11.4. The molecule has 1 aromatic rings. The number of hydrogen-bond donors (Lipinski definition) is 1. The lowest BCUT2D eigenvalue weighted by atomic mass is 10.5. The van der Waals surface area contributed by atoms with Crippen LogP contribution in [0.1, 0.15) is 13.3 Å². The van der Waals surface area contributed by atoms with E-state index in [2.05, 4.69) is 15.0 Å². The first kappa shape index (κ1) is 13.6. The molecule has 1 rings (SSSR count). The molecule has 0 aromatic carbocycles. The van der Waals surface area contributed by atoms with E-state index in [-0.39, 0.29) is 5.97 Å². The third kappa shape index (κ3) is 10.5. The summed E-state index contributed by atoms with van der Waals surface area (Å²) in [5.74, 6) is -0.205. The molecule has 0 atom stereocenters. The van der Waals surface area contributed by atoms with Gasteiger partial charge in [0.2, 0.25) is 0 Å². The van der Waals surface area contributed by atoms with Crippen molar-refractivity contribution in [3.63, 3.8) is 0 Å². The highest BCUT2D eigenvalue weighted by Gasteiger charge is 1.95. The molecule has 0 unspecified atom stereocenters. The number of hydrogen-bond acceptors (Lipinski definition) is 4. The van der Waals surface area contributed by atoms with E-state index in [1.807, 2.05) is 25.1 Å². The standard InChI is InChI=1S/C6H13NO2.C5H5N/c1-3-4-7-5-6(8)9-2;1-2-4-6-5-3-1/h7H,3-5H2,1-2H3;1-5H. The van der Waals surface area contributed by atoms with Gasteiger partial charge < -0.3 is 10.1 Å². The lowest BCUT2D eigenvalue weighted by Crippen LogP contribution is -2.24. The van der Waals surface area contributed by atoms with E-state index in [4.69, 9.17) is 0 Å². The predicted octanol–water partition coefficient (Wildman–Crippen LogP) is 1.24. The average molecular weight is 210 g/mol. The van der Waals surface area contributed by atoms with Crippen molar-refractivity contribution < 1.29 is 9.53 Å². The van der Waals surface area contributed by atoms with E-state index in [1.165, 1.54) is 7.11 Å². The summed E-state index contributed by atoms with van der Waals surface area (Å²) in [4.78, 5) is 14.2. The molecule has 4 heteroatoms. The van der Waals surface area contributed by atoms with Gasteiger partial charge in [-0.1, -0.05) is 13.0 Å². The van der Waals surface area contributed by atoms with Crippen molar-refractivity contribution >= 4 is 5.97 Å². The summed E-state index contributed by atoms with van der Waals surface area (Å²) in [6.07, 6.45) is 4.54. The van der Waals surface area contributed by atoms with Crippen LogP contribution in [0.2, 0.25) is 0 Å². The van der Waals surface area contributed by atoms with Crippen LogP contribution in [0, 0.1) is 0 Å². The number of esters is 1. The van der Waals surface area contributed by atoms with Gasteiger partial charge in [0.1, 0.15) is 0 Å². The van der Waals surface area contributed by atoms with Crippen LogP contribution in [0.3, 0.4) is 0 Å². The molecule has 0 saturated carbocycles. The maximum absolute atomic E-state index is 10.4. The van der Waals surface area contributed by atoms with Gasteiger partial charge in [0.05, 0.1) is 13.7 Å². The summed E-state index contributed by atoms with van der Waals surface area (Å²) in [5, 5.41) is 2.91. The molecule has 15 heavy (non-hydrogen) atoms. The largest absolute Gasteiger partial charge is 0.468 e. The Hall–Kier alpha value is -1.42. The number of pyridine rings is 1. The van der Waals surface area contributed by atoms with Crippen molar-refractivity contribution in [3.8, 4) is 0 Å². The normalized spacial score (nSPS) is 8.67. The Morgan fingerprint density at radius 3 is 2.33 bits per heavy atom. The molecule has 0 radical (unpaired) electrons. The van der Waals surface area contributed by atoms with E-state index in [0.29, 0.717) is 6.54 Å². The molecule has 0 fully saturated rings. The Kier molecular flexibility index (Phi) is 9.65. The first-order valence-corrected chi connectivity index (χ1v) is 4.93. The summed E-state index contributed by atoms with van der Waals surface area (Å²) in [6.45, 7) is 3.24. The highest BCUT2D eigenvalue weighted by atomic mass is 16.5. The van der Waals surface area contributed by atoms with Gasteiger partial charge in [0.15, 0.2) is 0 Å². The van der Waals surface area contributed by atoms with E-state index >= 15 is 0 Å². The van der Waals surface area contributed by atoms with Crippen LogP contribution in [0.15, 0.2) is 30.6 Å². The monoisotopic (exact) mass is 210 g/mol. The molecule has 0 saturated heterocycles. The molecule has 0 aliphatic heterocycles. The summed E-state index contributed by atoms with van der Waals surface area (Å²) < 4.78 is 4.40. The predicted molar refractivity (Wildman–Crippen MR) is 59.4 cm³/mol. The average Bonchev–Trinajstić information content (AvgIpc) is 2.32. The number of nitrogens with zero attached hydrogens (tertiary/aromatic N) is 1. The second kappa shape index (κ2) is 10.7. The van der Waals surface area contributed by atoms with Gasteiger partial charge in [-0.05, 0) is 25.1 Å². The Morgan fingerprint density at radius 1 is 1.33 bits per heavy atom. The molecule has 84 valence electrons. The van der Waals surface area contributed by atoms with Crippen molar-refractivity contribution in [3.05, 3.63) is 30.6 Å². The fourth-order valence-corrected chi connectivity index (χ4v) is 0.752. The molecule has 0 aliphatic rings. The Morgan fingerprint density at radius 2 is 2.00 bits per heavy atom. The van der Waals surface area contributed by atoms with Gasteiger partial charge in [-0.15, -0.1) is 0 Å². The quantitative estimate of drug-likeness (QED) is 0.600. The molecule has 0 amide bonds. The third-order valence-electron chi connectivity index (χ3n) is 1.49. The van der Waals surface area contributed by atoms with Crippen LogP contribution in [0.5, 0.6) is 0 Å². The van der Waals surface area contributed by atoms with E-state index in [9.17, 15) is 4.79 Å². The molecule has 4 nitrogen and oxygen atoms in total. The Balaban J connectivity index is 0.000000280. The van der Waals surface area contributed by atoms with Crippen LogP contribution in [0.25, 0.3) is 0 Å². The zero-order valence-electron chi connectivity index (χ0n) is 9.27. The smallest absolute Gasteiger partial charge is 0.319 e. The number of aromatic nitrogens is 1. The first-order chi connectivity index (χ1) is 7.31. The Bertz CT molecular complexity index is 213. The minimum atomic E-state index is -0.205. The molecule has 1 N–H and O–H groups in total. The second-order valence-electron chi connectivity index (χ2n) is 2.78. The molecule has 0 aliphatic carbocycles. The number of rotatable bonds is 4. The van der Waals surface area contributed by atoms with Crippen molar-refractivity contribution in [1.82, 2.24) is 10.3 Å². The van der Waals surface area contributed by atoms with Crippen LogP contribution in [-0.2, 0) is 9.53 Å². The molecule has 0 spiro atoms. The van der Waals surface area contributed by atoms with Crippen LogP contribution < -0.4 is 5.32 Å². The third-order valence-corrected chi connectivity index (χ3v) is 1.49. The maximum atomic E-state index is 10.4. The van der Waals surface area contributed by atoms with Crippen LogP contribution in [-0.4, -0.2) is 31.2 Å². The van der Waals surface area contributed by atoms with Gasteiger partial charge in [0, 0.05) is 12.4 Å². The Labute approximate surface area is 90.7 Å². The molecular formula is C11H18N2O2. The fraction of sp³-hybridized carbons (Fsp3) is 0.455. The van der Waals surface area contributed by atoms with Crippen molar-refractivity contribution in [2.75, 3.05) is 20.2 Å². The van der Waals surface area contributed by atoms with Crippen molar-refractivity contribution in [2.45, 2.75) is 13.3 Å². The summed E-state index contributed by atoms with van der Waals surface area (Å²) in [6, 6.07) is 5.72. The number of carbonyl (C=O) groups is 1. The summed E-state index contributed by atoms with van der Waals surface area (Å²) >= 11 is 0. The van der Waals surface area contributed by atoms with Crippen molar-refractivity contribution in [2.24, 2.45) is 0 Å². The van der Waals surface area contributed by atoms with Gasteiger partial charge in [0.25, 0.3) is 0 Å². The van der Waals surface area contributed by atoms with Gasteiger partial charge in [-0.25, -0.2) is 0 Å². The van der Waals surface area contributed by atoms with E-state index < -0.39 is 0 Å². The van der Waals surface area contributed by atoms with Crippen LogP contribution >= 0.6 is 0 Å². The summed E-state index contributed by atoms with van der Waals surface area (Å²) in [5.41, 5.74) is 0. The number of ether oxygens (including phenoxy) is 1. The van der Waals surface area contributed by atoms with E-state index in [1.54, 1.807) is 12.4 Å². The SMILES string of the molecule is CCCNCC(=O)OC.c1ccncc1. The lowest BCUT2D eigenvalue weighted by molar-refractivity contribution is -0.139. The minimum absolute atomic E-state index is 0.205. The number of methoxy groups -OCH3 is 1. The van der Waals surface area contributed by atoms with E-state index in [0.717, 1.165) is 13.0 Å². The van der Waals surface area contributed by atoms with Crippen LogP contribution in [0.4, 0.5) is 0 Å². The number of nitrogens with one attached hydrogen (secondary N) is 1. The molecule has 1 aromatic heterocycles. The van der Waals surface area contributed by atoms with Crippen molar-refractivity contribution in [1.29, 1.82) is 0 Å². The van der Waals surface area contributed by atoms with Gasteiger partial charge in [-0.3, -0.25) is 9.78 Å². The second-order valence-corrected chi connectivity index (χ2v) is 2.78. The van der Waals surface area contributed by atoms with Gasteiger partial charge in [-0.2, -0.15) is 0 Å². The highest BCUT2D eigenvalue weighted by molar-refractivity contribution is 5.71. The minimum Gasteiger partial charge on any atom is -0.468 e. The molecule has 1 heterocycles. The highest BCUT2D eigenvalue weighted by Crippen LogP contribution is 1.73. The summed E-state index contributed by atoms with van der Waals surface area (Å²) in [7, 11) is 1.38. The van der Waals surface area contributed by atoms with Gasteiger partial charge >= 0.3 is 5.97 Å². The zero-order valence-corrected chi connectivity index (χ0v) is 9.27. The lowest BCUT2D eigenvalue weighted by Gasteiger charge is -1.98. The molecule has 0 bridgehead atoms.